The van der Waals surface area contributed by atoms with E-state index in [1.807, 2.05) is 19.1 Å². The monoisotopic (exact) mass is 178 g/mol. The first kappa shape index (κ1) is 12.0. The first-order valence-corrected chi connectivity index (χ1v) is 4.37. The Morgan fingerprint density at radius 3 is 2.69 bits per heavy atom. The topological polar surface area (TPSA) is 26.3 Å². The molecule has 0 rings (SSSR count). The van der Waals surface area contributed by atoms with Gasteiger partial charge in [0.1, 0.15) is 7.85 Å². The summed E-state index contributed by atoms with van der Waals surface area (Å²) in [5.41, 5.74) is 0.878. The summed E-state index contributed by atoms with van der Waals surface area (Å²) < 4.78 is 4.47. The van der Waals surface area contributed by atoms with Crippen molar-refractivity contribution in [2.45, 2.75) is 26.2 Å². The Balaban J connectivity index is 3.58. The predicted octanol–water partition coefficient (Wildman–Crippen LogP) is 1.96. The summed E-state index contributed by atoms with van der Waals surface area (Å²) >= 11 is 0. The Kier molecular flexibility index (Phi) is 7.07. The molecule has 0 aromatic rings. The quantitative estimate of drug-likeness (QED) is 0.365. The number of esters is 1. The van der Waals surface area contributed by atoms with Gasteiger partial charge in [0.25, 0.3) is 0 Å². The van der Waals surface area contributed by atoms with E-state index in [-0.39, 0.29) is 5.97 Å². The molecule has 2 nitrogen and oxygen atoms in total. The lowest BCUT2D eigenvalue weighted by Gasteiger charge is -1.93. The van der Waals surface area contributed by atoms with E-state index in [1.54, 1.807) is 6.08 Å². The molecule has 3 heteroatoms. The van der Waals surface area contributed by atoms with Crippen LogP contribution in [0, 0.1) is 0 Å². The maximum atomic E-state index is 10.7. The van der Waals surface area contributed by atoms with Gasteiger partial charge in [0.05, 0.1) is 13.5 Å². The van der Waals surface area contributed by atoms with Crippen LogP contribution in [0.4, 0.5) is 0 Å². The van der Waals surface area contributed by atoms with Crippen molar-refractivity contribution < 1.29 is 9.53 Å². The molecule has 0 aliphatic rings. The highest BCUT2D eigenvalue weighted by Crippen LogP contribution is 1.97. The van der Waals surface area contributed by atoms with Crippen molar-refractivity contribution in [1.29, 1.82) is 0 Å². The lowest BCUT2D eigenvalue weighted by Crippen LogP contribution is -1.96. The van der Waals surface area contributed by atoms with Crippen molar-refractivity contribution in [1.82, 2.24) is 0 Å². The molecule has 0 saturated carbocycles. The van der Waals surface area contributed by atoms with Gasteiger partial charge in [-0.2, -0.15) is 0 Å². The summed E-state index contributed by atoms with van der Waals surface area (Å²) in [5, 5.41) is 0. The highest BCUT2D eigenvalue weighted by atomic mass is 16.5. The molecule has 0 aromatic carbocycles. The van der Waals surface area contributed by atoms with Gasteiger partial charge >= 0.3 is 5.97 Å². The van der Waals surface area contributed by atoms with E-state index in [2.05, 4.69) is 4.74 Å². The molecule has 0 unspecified atom stereocenters. The van der Waals surface area contributed by atoms with Crippen molar-refractivity contribution in [2.75, 3.05) is 7.11 Å². The zero-order valence-electron chi connectivity index (χ0n) is 8.25. The van der Waals surface area contributed by atoms with Crippen molar-refractivity contribution >= 4 is 13.8 Å². The minimum absolute atomic E-state index is 0.219. The smallest absolute Gasteiger partial charge is 0.309 e. The van der Waals surface area contributed by atoms with Crippen LogP contribution in [-0.2, 0) is 9.53 Å². The maximum absolute atomic E-state index is 10.7. The van der Waals surface area contributed by atoms with Crippen molar-refractivity contribution in [2.24, 2.45) is 0 Å². The number of ether oxygens (including phenoxy) is 1. The van der Waals surface area contributed by atoms with E-state index in [1.165, 1.54) is 7.11 Å². The van der Waals surface area contributed by atoms with Crippen LogP contribution in [0.15, 0.2) is 23.7 Å². The largest absolute Gasteiger partial charge is 0.469 e. The Morgan fingerprint density at radius 1 is 1.46 bits per heavy atom. The third-order valence-corrected chi connectivity index (χ3v) is 1.60. The number of hydrogen-bond donors (Lipinski definition) is 0. The molecule has 0 saturated heterocycles. The molecular weight excluding hydrogens is 163 g/mol. The van der Waals surface area contributed by atoms with Gasteiger partial charge in [-0.15, -0.1) is 5.47 Å². The van der Waals surface area contributed by atoms with Crippen LogP contribution in [-0.4, -0.2) is 20.9 Å². The third kappa shape index (κ3) is 7.38. The molecule has 0 N–H and O–H groups in total. The van der Waals surface area contributed by atoms with Gasteiger partial charge in [-0.3, -0.25) is 4.79 Å². The maximum Gasteiger partial charge on any atom is 0.309 e. The molecule has 13 heavy (non-hydrogen) atoms. The fraction of sp³-hybridized carbons (Fsp3) is 0.500. The fourth-order valence-electron chi connectivity index (χ4n) is 0.723. The predicted molar refractivity (Wildman–Crippen MR) is 54.5 cm³/mol. The second kappa shape index (κ2) is 7.65. The van der Waals surface area contributed by atoms with E-state index < -0.39 is 0 Å². The summed E-state index contributed by atoms with van der Waals surface area (Å²) in [5.74, 6) is -0.219. The Hall–Kier alpha value is -0.985. The van der Waals surface area contributed by atoms with Crippen LogP contribution in [0.1, 0.15) is 26.2 Å². The summed E-state index contributed by atoms with van der Waals surface area (Å²) in [4.78, 5) is 10.7. The SMILES string of the molecule is [B]/C(=C\C/C=C/CC(=O)OC)CC. The minimum Gasteiger partial charge on any atom is -0.469 e. The zero-order chi connectivity index (χ0) is 10.1. The fourth-order valence-corrected chi connectivity index (χ4v) is 0.723. The summed E-state index contributed by atoms with van der Waals surface area (Å²) in [6, 6.07) is 0. The second-order valence-electron chi connectivity index (χ2n) is 2.62. The lowest BCUT2D eigenvalue weighted by molar-refractivity contribution is -0.139. The zero-order valence-corrected chi connectivity index (χ0v) is 8.25. The van der Waals surface area contributed by atoms with E-state index in [4.69, 9.17) is 7.85 Å². The second-order valence-corrected chi connectivity index (χ2v) is 2.62. The van der Waals surface area contributed by atoms with Crippen LogP contribution in [0.2, 0.25) is 0 Å². The van der Waals surface area contributed by atoms with Gasteiger partial charge in [0.15, 0.2) is 0 Å². The highest BCUT2D eigenvalue weighted by Gasteiger charge is 1.92. The van der Waals surface area contributed by atoms with Crippen LogP contribution in [0.3, 0.4) is 0 Å². The summed E-state index contributed by atoms with van der Waals surface area (Å²) in [7, 11) is 6.96. The number of methoxy groups -OCH3 is 1. The minimum atomic E-state index is -0.219. The Bertz CT molecular complexity index is 207. The number of rotatable bonds is 5. The molecule has 0 heterocycles. The van der Waals surface area contributed by atoms with Gasteiger partial charge in [0, 0.05) is 0 Å². The summed E-state index contributed by atoms with van der Waals surface area (Å²) in [6.07, 6.45) is 7.59. The molecule has 2 radical (unpaired) electrons. The van der Waals surface area contributed by atoms with Gasteiger partial charge in [-0.1, -0.05) is 25.2 Å². The average Bonchev–Trinajstić information content (AvgIpc) is 2.16. The van der Waals surface area contributed by atoms with Crippen molar-refractivity contribution in [3.05, 3.63) is 23.7 Å². The van der Waals surface area contributed by atoms with Gasteiger partial charge in [-0.25, -0.2) is 0 Å². The van der Waals surface area contributed by atoms with E-state index in [0.29, 0.717) is 6.42 Å². The van der Waals surface area contributed by atoms with Crippen LogP contribution < -0.4 is 0 Å². The average molecular weight is 178 g/mol. The molecule has 0 aromatic heterocycles. The normalized spacial score (nSPS) is 12.0. The van der Waals surface area contributed by atoms with Crippen LogP contribution >= 0.6 is 0 Å². The van der Waals surface area contributed by atoms with E-state index in [9.17, 15) is 4.79 Å². The molecule has 0 aliphatic heterocycles. The first-order valence-electron chi connectivity index (χ1n) is 4.37. The summed E-state index contributed by atoms with van der Waals surface area (Å²) in [6.45, 7) is 2.00. The number of allylic oxidation sites excluding steroid dienone is 3. The van der Waals surface area contributed by atoms with Gasteiger partial charge in [0.2, 0.25) is 0 Å². The number of carbonyl (C=O) groups is 1. The molecule has 0 bridgehead atoms. The van der Waals surface area contributed by atoms with Crippen molar-refractivity contribution in [3.63, 3.8) is 0 Å². The lowest BCUT2D eigenvalue weighted by atomic mass is 9.92. The number of hydrogen-bond acceptors (Lipinski definition) is 2. The van der Waals surface area contributed by atoms with Crippen molar-refractivity contribution in [3.8, 4) is 0 Å². The standard InChI is InChI=1S/C10H15BO2/c1-3-9(11)7-5-4-6-8-10(12)13-2/h4,6-7H,3,5,8H2,1-2H3/b6-4+,9-7-. The van der Waals surface area contributed by atoms with E-state index in [0.717, 1.165) is 18.3 Å². The number of carbonyl (C=O) groups excluding carboxylic acids is 1. The Labute approximate surface area is 81.1 Å². The molecule has 0 fully saturated rings. The Morgan fingerprint density at radius 2 is 2.15 bits per heavy atom. The first-order chi connectivity index (χ1) is 6.20. The molecule has 0 spiro atoms. The molecule has 70 valence electrons. The molecule has 0 atom stereocenters. The van der Waals surface area contributed by atoms with Gasteiger partial charge < -0.3 is 4.74 Å². The van der Waals surface area contributed by atoms with Crippen LogP contribution in [0.25, 0.3) is 0 Å². The highest BCUT2D eigenvalue weighted by molar-refractivity contribution is 6.21. The van der Waals surface area contributed by atoms with E-state index >= 15 is 0 Å². The van der Waals surface area contributed by atoms with Gasteiger partial charge in [-0.05, 0) is 12.8 Å². The molecular formula is C10H15BO2. The third-order valence-electron chi connectivity index (χ3n) is 1.60. The van der Waals surface area contributed by atoms with Crippen LogP contribution in [0.5, 0.6) is 0 Å². The molecule has 0 amide bonds. The molecule has 0 aliphatic carbocycles.